The molecule has 1 saturated heterocycles. The topological polar surface area (TPSA) is 17.1 Å². The number of carbonyl (C=O) groups is 1. The number of carbonyl (C=O) groups excluding carboxylic acids is 1. The van der Waals surface area contributed by atoms with Crippen molar-refractivity contribution < 1.29 is 4.79 Å². The summed E-state index contributed by atoms with van der Waals surface area (Å²) in [7, 11) is 0.697. The Hall–Kier alpha value is 0.0200. The fourth-order valence-electron chi connectivity index (χ4n) is 2.83. The molecule has 1 nitrogen and oxygen atoms in total. The van der Waals surface area contributed by atoms with Gasteiger partial charge < -0.3 is 0 Å². The molecule has 0 N–H and O–H groups in total. The normalized spacial score (nSPS) is 34.6. The van der Waals surface area contributed by atoms with E-state index in [1.807, 2.05) is 0 Å². The molecule has 0 aromatic carbocycles. The molecular formula is C12H21OS+. The number of hydrogen-bond donors (Lipinski definition) is 0. The molecule has 1 aliphatic carbocycles. The molecule has 14 heavy (non-hydrogen) atoms. The molecule has 0 bridgehead atoms. The SMILES string of the molecule is CC(=O)C1CCCC([S+]2CCCC2)C1. The molecule has 2 aliphatic rings. The fourth-order valence-corrected chi connectivity index (χ4v) is 5.85. The highest BCUT2D eigenvalue weighted by atomic mass is 32.2. The lowest BCUT2D eigenvalue weighted by atomic mass is 9.86. The fraction of sp³-hybridized carbons (Fsp3) is 0.917. The van der Waals surface area contributed by atoms with Crippen molar-refractivity contribution in [3.8, 4) is 0 Å². The van der Waals surface area contributed by atoms with E-state index in [0.717, 1.165) is 5.25 Å². The van der Waals surface area contributed by atoms with Crippen LogP contribution in [0.3, 0.4) is 0 Å². The third-order valence-electron chi connectivity index (χ3n) is 3.74. The molecule has 80 valence electrons. The molecule has 0 amide bonds. The van der Waals surface area contributed by atoms with Gasteiger partial charge in [-0.2, -0.15) is 0 Å². The maximum absolute atomic E-state index is 11.4. The van der Waals surface area contributed by atoms with Crippen LogP contribution in [0.2, 0.25) is 0 Å². The molecular weight excluding hydrogens is 192 g/mol. The van der Waals surface area contributed by atoms with Gasteiger partial charge in [0.15, 0.2) is 0 Å². The van der Waals surface area contributed by atoms with E-state index in [2.05, 4.69) is 0 Å². The number of hydrogen-bond acceptors (Lipinski definition) is 1. The zero-order valence-electron chi connectivity index (χ0n) is 9.13. The molecule has 2 heteroatoms. The monoisotopic (exact) mass is 213 g/mol. The highest BCUT2D eigenvalue weighted by Gasteiger charge is 2.38. The zero-order valence-corrected chi connectivity index (χ0v) is 9.94. The summed E-state index contributed by atoms with van der Waals surface area (Å²) in [6, 6.07) is 0. The summed E-state index contributed by atoms with van der Waals surface area (Å²) < 4.78 is 0. The van der Waals surface area contributed by atoms with E-state index < -0.39 is 0 Å². The quantitative estimate of drug-likeness (QED) is 0.644. The van der Waals surface area contributed by atoms with Gasteiger partial charge in [0.25, 0.3) is 0 Å². The van der Waals surface area contributed by atoms with Crippen LogP contribution >= 0.6 is 0 Å². The maximum Gasteiger partial charge on any atom is 0.133 e. The minimum atomic E-state index is 0.418. The molecule has 2 fully saturated rings. The second-order valence-electron chi connectivity index (χ2n) is 4.75. The lowest BCUT2D eigenvalue weighted by Gasteiger charge is -2.26. The van der Waals surface area contributed by atoms with E-state index in [1.165, 1.54) is 50.0 Å². The van der Waals surface area contributed by atoms with Gasteiger partial charge in [-0.1, -0.05) is 0 Å². The number of rotatable bonds is 2. The largest absolute Gasteiger partial charge is 0.300 e. The molecule has 0 spiro atoms. The third kappa shape index (κ3) is 2.33. The minimum absolute atomic E-state index is 0.418. The predicted molar refractivity (Wildman–Crippen MR) is 62.8 cm³/mol. The van der Waals surface area contributed by atoms with Crippen molar-refractivity contribution in [3.63, 3.8) is 0 Å². The van der Waals surface area contributed by atoms with Gasteiger partial charge in [-0.15, -0.1) is 0 Å². The average Bonchev–Trinajstić information content (AvgIpc) is 2.71. The van der Waals surface area contributed by atoms with Gasteiger partial charge in [-0.3, -0.25) is 4.79 Å². The molecule has 0 aromatic heterocycles. The molecule has 0 aromatic rings. The molecule has 2 rings (SSSR count). The lowest BCUT2D eigenvalue weighted by Crippen LogP contribution is -2.31. The van der Waals surface area contributed by atoms with E-state index in [4.69, 9.17) is 0 Å². The summed E-state index contributed by atoms with van der Waals surface area (Å²) >= 11 is 0. The first-order valence-corrected chi connectivity index (χ1v) is 7.56. The summed E-state index contributed by atoms with van der Waals surface area (Å²) in [5.74, 6) is 3.80. The summed E-state index contributed by atoms with van der Waals surface area (Å²) in [5.41, 5.74) is 0. The van der Waals surface area contributed by atoms with Gasteiger partial charge in [-0.05, 0) is 49.9 Å². The van der Waals surface area contributed by atoms with E-state index in [9.17, 15) is 4.79 Å². The van der Waals surface area contributed by atoms with E-state index in [1.54, 1.807) is 6.92 Å². The van der Waals surface area contributed by atoms with Crippen LogP contribution in [0.5, 0.6) is 0 Å². The summed E-state index contributed by atoms with van der Waals surface area (Å²) in [6.07, 6.45) is 8.00. The van der Waals surface area contributed by atoms with Crippen LogP contribution in [-0.2, 0) is 15.7 Å². The smallest absolute Gasteiger partial charge is 0.133 e. The van der Waals surface area contributed by atoms with Crippen molar-refractivity contribution in [2.24, 2.45) is 5.92 Å². The Morgan fingerprint density at radius 3 is 2.50 bits per heavy atom. The Labute approximate surface area is 90.0 Å². The Kier molecular flexibility index (Phi) is 3.53. The van der Waals surface area contributed by atoms with Gasteiger partial charge in [0.05, 0.1) is 0 Å². The van der Waals surface area contributed by atoms with Gasteiger partial charge >= 0.3 is 0 Å². The van der Waals surface area contributed by atoms with Crippen LogP contribution in [-0.4, -0.2) is 22.5 Å². The Morgan fingerprint density at radius 1 is 1.14 bits per heavy atom. The first-order chi connectivity index (χ1) is 6.77. The van der Waals surface area contributed by atoms with Gasteiger partial charge in [0.1, 0.15) is 22.5 Å². The van der Waals surface area contributed by atoms with Crippen LogP contribution in [0, 0.1) is 5.92 Å². The van der Waals surface area contributed by atoms with Gasteiger partial charge in [0.2, 0.25) is 0 Å². The molecule has 2 unspecified atom stereocenters. The average molecular weight is 213 g/mol. The Bertz CT molecular complexity index is 208. The Balaban J connectivity index is 1.89. The van der Waals surface area contributed by atoms with Crippen LogP contribution < -0.4 is 0 Å². The first-order valence-electron chi connectivity index (χ1n) is 5.94. The zero-order chi connectivity index (χ0) is 9.97. The molecule has 1 aliphatic heterocycles. The van der Waals surface area contributed by atoms with Crippen LogP contribution in [0.15, 0.2) is 0 Å². The number of Topliss-reactive ketones (excluding diaryl/α,β-unsaturated/α-hetero) is 1. The number of ketones is 1. The van der Waals surface area contributed by atoms with Crippen molar-refractivity contribution >= 4 is 16.7 Å². The van der Waals surface area contributed by atoms with E-state index in [-0.39, 0.29) is 0 Å². The molecule has 1 heterocycles. The molecule has 2 atom stereocenters. The highest BCUT2D eigenvalue weighted by molar-refractivity contribution is 7.97. The second-order valence-corrected chi connectivity index (χ2v) is 7.31. The first kappa shape index (κ1) is 10.5. The summed E-state index contributed by atoms with van der Waals surface area (Å²) in [4.78, 5) is 11.4. The van der Waals surface area contributed by atoms with E-state index >= 15 is 0 Å². The molecule has 1 saturated carbocycles. The minimum Gasteiger partial charge on any atom is -0.300 e. The van der Waals surface area contributed by atoms with E-state index in [0.29, 0.717) is 22.6 Å². The third-order valence-corrected chi connectivity index (χ3v) is 6.73. The van der Waals surface area contributed by atoms with Gasteiger partial charge in [-0.25, -0.2) is 0 Å². The standard InChI is InChI=1S/C12H21OS/c1-10(13)11-5-4-6-12(9-11)14-7-2-3-8-14/h11-12H,2-9H2,1H3/q+1. The maximum atomic E-state index is 11.4. The van der Waals surface area contributed by atoms with Crippen molar-refractivity contribution in [2.75, 3.05) is 11.5 Å². The van der Waals surface area contributed by atoms with Crippen molar-refractivity contribution in [1.82, 2.24) is 0 Å². The summed E-state index contributed by atoms with van der Waals surface area (Å²) in [6.45, 7) is 1.78. The van der Waals surface area contributed by atoms with Crippen molar-refractivity contribution in [1.29, 1.82) is 0 Å². The van der Waals surface area contributed by atoms with Crippen molar-refractivity contribution in [3.05, 3.63) is 0 Å². The lowest BCUT2D eigenvalue weighted by molar-refractivity contribution is -0.121. The Morgan fingerprint density at radius 2 is 1.86 bits per heavy atom. The van der Waals surface area contributed by atoms with Gasteiger partial charge in [0, 0.05) is 12.3 Å². The molecule has 0 radical (unpaired) electrons. The highest BCUT2D eigenvalue weighted by Crippen LogP contribution is 2.33. The van der Waals surface area contributed by atoms with Crippen LogP contribution in [0.1, 0.15) is 45.4 Å². The summed E-state index contributed by atoms with van der Waals surface area (Å²) in [5, 5.41) is 0.917. The van der Waals surface area contributed by atoms with Crippen LogP contribution in [0.25, 0.3) is 0 Å². The second kappa shape index (κ2) is 4.69. The predicted octanol–water partition coefficient (Wildman–Crippen LogP) is 2.55. The van der Waals surface area contributed by atoms with Crippen LogP contribution in [0.4, 0.5) is 0 Å². The van der Waals surface area contributed by atoms with Crippen molar-refractivity contribution in [2.45, 2.75) is 50.7 Å².